The van der Waals surface area contributed by atoms with E-state index in [9.17, 15) is 5.26 Å². The third-order valence-electron chi connectivity index (χ3n) is 3.18. The van der Waals surface area contributed by atoms with Crippen molar-refractivity contribution >= 4 is 11.8 Å². The highest BCUT2D eigenvalue weighted by Crippen LogP contribution is 2.24. The molecule has 0 saturated heterocycles. The van der Waals surface area contributed by atoms with E-state index in [4.69, 9.17) is 0 Å². The van der Waals surface area contributed by atoms with Crippen molar-refractivity contribution in [3.63, 3.8) is 0 Å². The second-order valence-electron chi connectivity index (χ2n) is 5.09. The fraction of sp³-hybridized carbons (Fsp3) is 0.562. The standard InChI is InChI=1S/C16H24N2S/c1-4-11-18-16(3,13-17)10-7-12-19-15-9-6-5-8-14(15)2/h5-6,8-9,18H,4,7,10-12H2,1-3H3. The van der Waals surface area contributed by atoms with Crippen LogP contribution >= 0.6 is 11.8 Å². The average Bonchev–Trinajstić information content (AvgIpc) is 2.43. The Kier molecular flexibility index (Phi) is 6.97. The molecule has 2 nitrogen and oxygen atoms in total. The van der Waals surface area contributed by atoms with Crippen LogP contribution in [0.25, 0.3) is 0 Å². The lowest BCUT2D eigenvalue weighted by molar-refractivity contribution is 0.415. The van der Waals surface area contributed by atoms with Gasteiger partial charge in [-0.1, -0.05) is 25.1 Å². The number of hydrogen-bond donors (Lipinski definition) is 1. The third-order valence-corrected chi connectivity index (χ3v) is 4.45. The summed E-state index contributed by atoms with van der Waals surface area (Å²) in [6.45, 7) is 7.18. The lowest BCUT2D eigenvalue weighted by Crippen LogP contribution is -2.41. The second kappa shape index (κ2) is 8.24. The van der Waals surface area contributed by atoms with Gasteiger partial charge in [-0.15, -0.1) is 11.8 Å². The average molecular weight is 276 g/mol. The number of aryl methyl sites for hydroxylation is 1. The van der Waals surface area contributed by atoms with Crippen LogP contribution in [0.5, 0.6) is 0 Å². The molecule has 0 heterocycles. The lowest BCUT2D eigenvalue weighted by Gasteiger charge is -2.22. The highest BCUT2D eigenvalue weighted by Gasteiger charge is 2.21. The van der Waals surface area contributed by atoms with Gasteiger partial charge in [-0.05, 0) is 57.0 Å². The number of nitrogens with zero attached hydrogens (tertiary/aromatic N) is 1. The van der Waals surface area contributed by atoms with Crippen LogP contribution in [0.4, 0.5) is 0 Å². The van der Waals surface area contributed by atoms with Crippen molar-refractivity contribution in [2.45, 2.75) is 50.5 Å². The number of nitriles is 1. The molecule has 1 N–H and O–H groups in total. The van der Waals surface area contributed by atoms with Crippen molar-refractivity contribution in [1.82, 2.24) is 5.32 Å². The van der Waals surface area contributed by atoms with Gasteiger partial charge in [0, 0.05) is 4.90 Å². The molecule has 0 aliphatic heterocycles. The van der Waals surface area contributed by atoms with Gasteiger partial charge in [-0.3, -0.25) is 5.32 Å². The van der Waals surface area contributed by atoms with Gasteiger partial charge in [0.1, 0.15) is 5.54 Å². The van der Waals surface area contributed by atoms with Crippen molar-refractivity contribution in [3.05, 3.63) is 29.8 Å². The first-order chi connectivity index (χ1) is 9.11. The molecule has 1 unspecified atom stereocenters. The summed E-state index contributed by atoms with van der Waals surface area (Å²) < 4.78 is 0. The normalized spacial score (nSPS) is 13.8. The largest absolute Gasteiger partial charge is 0.300 e. The van der Waals surface area contributed by atoms with E-state index in [1.54, 1.807) is 0 Å². The summed E-state index contributed by atoms with van der Waals surface area (Å²) in [4.78, 5) is 1.35. The van der Waals surface area contributed by atoms with Crippen LogP contribution < -0.4 is 5.32 Å². The van der Waals surface area contributed by atoms with Crippen LogP contribution in [0, 0.1) is 18.3 Å². The van der Waals surface area contributed by atoms with E-state index < -0.39 is 0 Å². The molecule has 0 bridgehead atoms. The van der Waals surface area contributed by atoms with Crippen molar-refractivity contribution in [2.24, 2.45) is 0 Å². The molecule has 19 heavy (non-hydrogen) atoms. The van der Waals surface area contributed by atoms with Crippen molar-refractivity contribution in [2.75, 3.05) is 12.3 Å². The van der Waals surface area contributed by atoms with Crippen molar-refractivity contribution in [3.8, 4) is 6.07 Å². The molecular formula is C16H24N2S. The zero-order valence-electron chi connectivity index (χ0n) is 12.2. The SMILES string of the molecule is CCCNC(C)(C#N)CCCSc1ccccc1C. The highest BCUT2D eigenvalue weighted by atomic mass is 32.2. The molecule has 104 valence electrons. The maximum atomic E-state index is 9.25. The van der Waals surface area contributed by atoms with E-state index in [0.717, 1.165) is 31.6 Å². The molecule has 0 fully saturated rings. The monoisotopic (exact) mass is 276 g/mol. The molecule has 0 saturated carbocycles. The fourth-order valence-corrected chi connectivity index (χ4v) is 2.89. The first-order valence-corrected chi connectivity index (χ1v) is 7.94. The first kappa shape index (κ1) is 16.1. The summed E-state index contributed by atoms with van der Waals surface area (Å²) in [5.74, 6) is 1.07. The quantitative estimate of drug-likeness (QED) is 0.572. The minimum absolute atomic E-state index is 0.373. The predicted octanol–water partition coefficient (Wildman–Crippen LogP) is 4.15. The molecule has 0 amide bonds. The maximum Gasteiger partial charge on any atom is 0.103 e. The van der Waals surface area contributed by atoms with Gasteiger partial charge >= 0.3 is 0 Å². The molecule has 0 radical (unpaired) electrons. The minimum Gasteiger partial charge on any atom is -0.300 e. The zero-order valence-corrected chi connectivity index (χ0v) is 13.0. The Labute approximate surface area is 121 Å². The summed E-state index contributed by atoms with van der Waals surface area (Å²) >= 11 is 1.88. The van der Waals surface area contributed by atoms with Crippen LogP contribution in [-0.4, -0.2) is 17.8 Å². The molecule has 1 aromatic carbocycles. The summed E-state index contributed by atoms with van der Waals surface area (Å²) in [6.07, 6.45) is 3.03. The number of nitrogens with one attached hydrogen (secondary N) is 1. The van der Waals surface area contributed by atoms with Gasteiger partial charge in [-0.2, -0.15) is 5.26 Å². The number of hydrogen-bond acceptors (Lipinski definition) is 3. The second-order valence-corrected chi connectivity index (χ2v) is 6.22. The molecule has 0 aliphatic carbocycles. The van der Waals surface area contributed by atoms with E-state index in [-0.39, 0.29) is 5.54 Å². The highest BCUT2D eigenvalue weighted by molar-refractivity contribution is 7.99. The van der Waals surface area contributed by atoms with E-state index in [1.807, 2.05) is 18.7 Å². The Balaban J connectivity index is 2.34. The van der Waals surface area contributed by atoms with Crippen LogP contribution in [-0.2, 0) is 0 Å². The van der Waals surface area contributed by atoms with Gasteiger partial charge in [0.25, 0.3) is 0 Å². The van der Waals surface area contributed by atoms with Gasteiger partial charge in [0.15, 0.2) is 0 Å². The molecular weight excluding hydrogens is 252 g/mol. The number of rotatable bonds is 8. The van der Waals surface area contributed by atoms with Gasteiger partial charge in [0.05, 0.1) is 6.07 Å². The number of benzene rings is 1. The summed E-state index contributed by atoms with van der Waals surface area (Å²) in [6, 6.07) is 10.9. The molecule has 1 aromatic rings. The molecule has 0 spiro atoms. The van der Waals surface area contributed by atoms with Crippen molar-refractivity contribution in [1.29, 1.82) is 5.26 Å². The first-order valence-electron chi connectivity index (χ1n) is 6.96. The minimum atomic E-state index is -0.373. The summed E-state index contributed by atoms with van der Waals surface area (Å²) in [5, 5.41) is 12.6. The topological polar surface area (TPSA) is 35.8 Å². The molecule has 3 heteroatoms. The Morgan fingerprint density at radius 1 is 1.37 bits per heavy atom. The fourth-order valence-electron chi connectivity index (χ4n) is 1.91. The maximum absolute atomic E-state index is 9.25. The molecule has 0 aliphatic rings. The Bertz CT molecular complexity index is 425. The number of thioether (sulfide) groups is 1. The van der Waals surface area contributed by atoms with E-state index in [2.05, 4.69) is 49.5 Å². The van der Waals surface area contributed by atoms with Crippen LogP contribution in [0.15, 0.2) is 29.2 Å². The zero-order chi connectivity index (χ0) is 14.1. The third kappa shape index (κ3) is 5.67. The molecule has 1 rings (SSSR count). The molecule has 0 aromatic heterocycles. The van der Waals surface area contributed by atoms with E-state index in [1.165, 1.54) is 10.5 Å². The van der Waals surface area contributed by atoms with Crippen LogP contribution in [0.2, 0.25) is 0 Å². The van der Waals surface area contributed by atoms with E-state index in [0.29, 0.717) is 0 Å². The van der Waals surface area contributed by atoms with Gasteiger partial charge < -0.3 is 0 Å². The lowest BCUT2D eigenvalue weighted by atomic mass is 9.98. The Morgan fingerprint density at radius 2 is 2.11 bits per heavy atom. The summed E-state index contributed by atoms with van der Waals surface area (Å²) in [7, 11) is 0. The Hall–Kier alpha value is -0.980. The van der Waals surface area contributed by atoms with E-state index >= 15 is 0 Å². The van der Waals surface area contributed by atoms with Crippen molar-refractivity contribution < 1.29 is 0 Å². The Morgan fingerprint density at radius 3 is 2.74 bits per heavy atom. The van der Waals surface area contributed by atoms with Gasteiger partial charge in [0.2, 0.25) is 0 Å². The van der Waals surface area contributed by atoms with Crippen LogP contribution in [0.1, 0.15) is 38.7 Å². The predicted molar refractivity (Wildman–Crippen MR) is 83.4 cm³/mol. The van der Waals surface area contributed by atoms with Gasteiger partial charge in [-0.25, -0.2) is 0 Å². The summed E-state index contributed by atoms with van der Waals surface area (Å²) in [5.41, 5.74) is 0.960. The smallest absolute Gasteiger partial charge is 0.103 e. The van der Waals surface area contributed by atoms with Crippen LogP contribution in [0.3, 0.4) is 0 Å². The molecule has 1 atom stereocenters.